The first-order valence-corrected chi connectivity index (χ1v) is 11.9. The van der Waals surface area contributed by atoms with Crippen LogP contribution in [0.3, 0.4) is 0 Å². The van der Waals surface area contributed by atoms with Gasteiger partial charge in [0.2, 0.25) is 5.82 Å². The molecule has 1 atom stereocenters. The lowest BCUT2D eigenvalue weighted by Crippen LogP contribution is -2.46. The van der Waals surface area contributed by atoms with E-state index in [1.807, 2.05) is 74.5 Å². The number of carbonyl (C=O) groups excluding carboxylic acids is 1. The highest BCUT2D eigenvalue weighted by atomic mass is 16.5. The number of benzene rings is 3. The van der Waals surface area contributed by atoms with E-state index in [0.29, 0.717) is 11.7 Å². The lowest BCUT2D eigenvalue weighted by molar-refractivity contribution is 0.244. The minimum atomic E-state index is -0.471. The SMILES string of the molecule is CCc1ccc(-c2noc(C3=C(C)N(c4ccc(C)cc4)C(=O)NC3c3ccc(OC)cc3)n2)cc1. The van der Waals surface area contributed by atoms with Crippen LogP contribution < -0.4 is 15.0 Å². The average molecular weight is 481 g/mol. The molecule has 1 unspecified atom stereocenters. The normalized spacial score (nSPS) is 15.7. The van der Waals surface area contributed by atoms with Gasteiger partial charge in [0, 0.05) is 11.3 Å². The molecule has 1 aromatic heterocycles. The molecule has 0 spiro atoms. The van der Waals surface area contributed by atoms with E-state index in [0.717, 1.165) is 45.8 Å². The Morgan fingerprint density at radius 2 is 1.67 bits per heavy atom. The van der Waals surface area contributed by atoms with E-state index in [4.69, 9.17) is 14.2 Å². The lowest BCUT2D eigenvalue weighted by atomic mass is 9.94. The Hall–Kier alpha value is -4.39. The Morgan fingerprint density at radius 3 is 2.31 bits per heavy atom. The Kier molecular flexibility index (Phi) is 6.29. The number of urea groups is 1. The standard InChI is InChI=1S/C29H28N4O3/c1-5-20-8-10-22(11-9-20)27-31-28(36-32-27)25-19(3)33(23-14-6-18(2)7-15-23)29(34)30-26(25)21-12-16-24(35-4)17-13-21/h6-17,26H,5H2,1-4H3,(H,30,34). The van der Waals surface area contributed by atoms with Gasteiger partial charge in [0.25, 0.3) is 5.89 Å². The minimum Gasteiger partial charge on any atom is -0.497 e. The summed E-state index contributed by atoms with van der Waals surface area (Å²) >= 11 is 0. The fourth-order valence-electron chi connectivity index (χ4n) is 4.41. The van der Waals surface area contributed by atoms with Crippen LogP contribution in [-0.2, 0) is 6.42 Å². The zero-order valence-electron chi connectivity index (χ0n) is 20.8. The molecule has 36 heavy (non-hydrogen) atoms. The molecule has 1 aliphatic rings. The van der Waals surface area contributed by atoms with Crippen molar-refractivity contribution in [1.29, 1.82) is 0 Å². The molecule has 0 fully saturated rings. The number of anilines is 1. The molecule has 0 bridgehead atoms. The van der Waals surface area contributed by atoms with Gasteiger partial charge in [0.15, 0.2) is 0 Å². The molecule has 1 N–H and O–H groups in total. The minimum absolute atomic E-state index is 0.226. The van der Waals surface area contributed by atoms with Crippen molar-refractivity contribution >= 4 is 17.3 Å². The fraction of sp³-hybridized carbons (Fsp3) is 0.207. The number of aryl methyl sites for hydroxylation is 2. The highest BCUT2D eigenvalue weighted by Gasteiger charge is 2.36. The third-order valence-corrected chi connectivity index (χ3v) is 6.50. The first-order chi connectivity index (χ1) is 17.5. The summed E-state index contributed by atoms with van der Waals surface area (Å²) in [4.78, 5) is 19.7. The van der Waals surface area contributed by atoms with Gasteiger partial charge in [0.05, 0.1) is 24.4 Å². The second kappa shape index (κ2) is 9.70. The van der Waals surface area contributed by atoms with E-state index in [1.165, 1.54) is 5.56 Å². The molecule has 4 aromatic rings. The number of nitrogens with one attached hydrogen (secondary N) is 1. The van der Waals surface area contributed by atoms with Gasteiger partial charge in [-0.3, -0.25) is 4.90 Å². The maximum absolute atomic E-state index is 13.4. The van der Waals surface area contributed by atoms with Crippen molar-refractivity contribution in [1.82, 2.24) is 15.5 Å². The van der Waals surface area contributed by atoms with E-state index in [2.05, 4.69) is 29.5 Å². The number of nitrogens with zero attached hydrogens (tertiary/aromatic N) is 3. The van der Waals surface area contributed by atoms with E-state index in [-0.39, 0.29) is 6.03 Å². The summed E-state index contributed by atoms with van der Waals surface area (Å²) in [7, 11) is 1.62. The molecule has 2 amide bonds. The van der Waals surface area contributed by atoms with Crippen molar-refractivity contribution < 1.29 is 14.1 Å². The van der Waals surface area contributed by atoms with Crippen molar-refractivity contribution in [2.45, 2.75) is 33.2 Å². The van der Waals surface area contributed by atoms with Crippen molar-refractivity contribution in [3.63, 3.8) is 0 Å². The second-order valence-electron chi connectivity index (χ2n) is 8.80. The number of allylic oxidation sites excluding steroid dienone is 1. The summed E-state index contributed by atoms with van der Waals surface area (Å²) in [6.45, 7) is 6.04. The molecule has 7 heteroatoms. The highest BCUT2D eigenvalue weighted by Crippen LogP contribution is 2.39. The Morgan fingerprint density at radius 1 is 0.972 bits per heavy atom. The number of carbonyl (C=O) groups is 1. The quantitative estimate of drug-likeness (QED) is 0.349. The molecule has 182 valence electrons. The van der Waals surface area contributed by atoms with Crippen molar-refractivity contribution in [2.75, 3.05) is 12.0 Å². The summed E-state index contributed by atoms with van der Waals surface area (Å²) < 4.78 is 11.1. The average Bonchev–Trinajstić information content (AvgIpc) is 3.39. The Labute approximate surface area is 210 Å². The van der Waals surface area contributed by atoms with Crippen LogP contribution in [0.25, 0.3) is 17.0 Å². The van der Waals surface area contributed by atoms with Crippen molar-refractivity contribution in [2.24, 2.45) is 0 Å². The number of amides is 2. The fourth-order valence-corrected chi connectivity index (χ4v) is 4.41. The van der Waals surface area contributed by atoms with Crippen LogP contribution >= 0.6 is 0 Å². The highest BCUT2D eigenvalue weighted by molar-refractivity contribution is 6.01. The molecule has 0 saturated carbocycles. The monoisotopic (exact) mass is 480 g/mol. The third kappa shape index (κ3) is 4.35. The molecule has 0 aliphatic carbocycles. The maximum atomic E-state index is 13.4. The van der Waals surface area contributed by atoms with Crippen LogP contribution in [0.1, 0.15) is 42.5 Å². The topological polar surface area (TPSA) is 80.5 Å². The molecule has 0 radical (unpaired) electrons. The van der Waals surface area contributed by atoms with Gasteiger partial charge in [-0.1, -0.05) is 66.2 Å². The maximum Gasteiger partial charge on any atom is 0.326 e. The Bertz CT molecular complexity index is 1400. The molecule has 2 heterocycles. The van der Waals surface area contributed by atoms with Gasteiger partial charge in [-0.05, 0) is 55.7 Å². The second-order valence-corrected chi connectivity index (χ2v) is 8.80. The summed E-state index contributed by atoms with van der Waals surface area (Å²) in [5.41, 5.74) is 6.33. The van der Waals surface area contributed by atoms with E-state index in [1.54, 1.807) is 12.0 Å². The number of hydrogen-bond acceptors (Lipinski definition) is 5. The first kappa shape index (κ1) is 23.4. The number of ether oxygens (including phenoxy) is 1. The summed E-state index contributed by atoms with van der Waals surface area (Å²) in [6.07, 6.45) is 0.960. The number of aromatic nitrogens is 2. The predicted octanol–water partition coefficient (Wildman–Crippen LogP) is 6.32. The van der Waals surface area contributed by atoms with Crippen molar-refractivity contribution in [3.05, 3.63) is 101 Å². The van der Waals surface area contributed by atoms with E-state index >= 15 is 0 Å². The van der Waals surface area contributed by atoms with Crippen molar-refractivity contribution in [3.8, 4) is 17.1 Å². The van der Waals surface area contributed by atoms with Crippen LogP contribution in [0.15, 0.2) is 83.0 Å². The van der Waals surface area contributed by atoms with Gasteiger partial charge in [0.1, 0.15) is 5.75 Å². The van der Waals surface area contributed by atoms with Crippen LogP contribution in [0.5, 0.6) is 5.75 Å². The first-order valence-electron chi connectivity index (χ1n) is 11.9. The smallest absolute Gasteiger partial charge is 0.326 e. The van der Waals surface area contributed by atoms with E-state index in [9.17, 15) is 4.79 Å². The third-order valence-electron chi connectivity index (χ3n) is 6.50. The zero-order chi connectivity index (χ0) is 25.2. The molecule has 0 saturated heterocycles. The van der Waals surface area contributed by atoms with Gasteiger partial charge in [-0.25, -0.2) is 4.79 Å². The van der Waals surface area contributed by atoms with Gasteiger partial charge in [-0.15, -0.1) is 0 Å². The van der Waals surface area contributed by atoms with Gasteiger partial charge >= 0.3 is 6.03 Å². The molecule has 1 aliphatic heterocycles. The largest absolute Gasteiger partial charge is 0.497 e. The van der Waals surface area contributed by atoms with Gasteiger partial charge < -0.3 is 14.6 Å². The van der Waals surface area contributed by atoms with Crippen LogP contribution in [-0.4, -0.2) is 23.3 Å². The molecular formula is C29H28N4O3. The molecule has 5 rings (SSSR count). The van der Waals surface area contributed by atoms with E-state index < -0.39 is 6.04 Å². The molecule has 3 aromatic carbocycles. The number of hydrogen-bond donors (Lipinski definition) is 1. The summed E-state index contributed by atoms with van der Waals surface area (Å²) in [5.74, 6) is 1.60. The molecule has 7 nitrogen and oxygen atoms in total. The van der Waals surface area contributed by atoms with Crippen LogP contribution in [0.4, 0.5) is 10.5 Å². The Balaban J connectivity index is 1.62. The predicted molar refractivity (Wildman–Crippen MR) is 140 cm³/mol. The zero-order valence-corrected chi connectivity index (χ0v) is 20.8. The number of methoxy groups -OCH3 is 1. The van der Waals surface area contributed by atoms with Crippen LogP contribution in [0.2, 0.25) is 0 Å². The number of rotatable bonds is 6. The molecular weight excluding hydrogens is 452 g/mol. The lowest BCUT2D eigenvalue weighted by Gasteiger charge is -2.35. The summed E-state index contributed by atoms with van der Waals surface area (Å²) in [5, 5.41) is 7.40. The van der Waals surface area contributed by atoms with Crippen LogP contribution in [0, 0.1) is 6.92 Å². The summed E-state index contributed by atoms with van der Waals surface area (Å²) in [6, 6.07) is 22.8. The van der Waals surface area contributed by atoms with Gasteiger partial charge in [-0.2, -0.15) is 4.98 Å².